The number of morpholine rings is 1. The maximum Gasteiger partial charge on any atom is -1.00 e. The molecule has 41 nitrogen and oxygen atoms in total. The van der Waals surface area contributed by atoms with Gasteiger partial charge in [0.2, 0.25) is 5.69 Å². The summed E-state index contributed by atoms with van der Waals surface area (Å²) in [6, 6.07) is 50.7. The van der Waals surface area contributed by atoms with Gasteiger partial charge in [0.15, 0.2) is 12.4 Å². The second-order valence-corrected chi connectivity index (χ2v) is 37.0. The van der Waals surface area contributed by atoms with E-state index < -0.39 is 122 Å². The van der Waals surface area contributed by atoms with Crippen LogP contribution in [0.25, 0.3) is 5.69 Å². The topological polar surface area (TPSA) is 585 Å². The summed E-state index contributed by atoms with van der Waals surface area (Å²) in [6.45, 7) is 42.4. The van der Waals surface area contributed by atoms with Crippen molar-refractivity contribution in [3.63, 3.8) is 0 Å². The van der Waals surface area contributed by atoms with E-state index in [-0.39, 0.29) is 178 Å². The molecular weight excluding hydrogens is 2080 g/mol. The van der Waals surface area contributed by atoms with E-state index in [0.29, 0.717) is 36.9 Å². The summed E-state index contributed by atoms with van der Waals surface area (Å²) in [5.74, 6) is -2.41. The third kappa shape index (κ3) is 73.7. The van der Waals surface area contributed by atoms with Gasteiger partial charge in [0.05, 0.1) is 155 Å². The molecule has 0 saturated carbocycles. The molecule has 1 aromatic heterocycles. The van der Waals surface area contributed by atoms with Gasteiger partial charge in [-0.2, -0.15) is 4.57 Å². The van der Waals surface area contributed by atoms with Crippen LogP contribution in [0.1, 0.15) is 41.5 Å². The fourth-order valence-corrected chi connectivity index (χ4v) is 16.5. The number of benzene rings is 5. The van der Waals surface area contributed by atoms with E-state index in [4.69, 9.17) is 121 Å². The SMILES string of the molecule is C.C=CC(=O)OCC(O)COCC(CC)(COCC(O)COC(=O)C=C)COCC(O)C[P+](c1ccccc1)(c1ccccc1)c1ccccc1.C=COCC(O)COCC(COCC(O)COC(=O)c1ccc(-[n+]2ccccc2)cc1)OCC(O)COC=C.C=COCC(O)COCC(COCC(O)COC(=O)c1ccc([NH+]2CCOCC2)cc1)OCC(O)COC=C.F[P-](F)(F)(F)(F)F.O=S(=O)([O-])[O-].[C-]#[O+].[C-]#[O+].[C-]#[O+].[C-]#[O+].[Cl-]. The Kier molecular flexibility index (Phi) is 81.7. The number of quaternary nitrogens is 1. The van der Waals surface area contributed by atoms with Crippen molar-refractivity contribution in [3.05, 3.63) is 285 Å². The molecule has 0 aliphatic carbocycles. The second kappa shape index (κ2) is 84.1. The van der Waals surface area contributed by atoms with Crippen molar-refractivity contribution in [1.82, 2.24) is 0 Å². The van der Waals surface area contributed by atoms with E-state index in [1.807, 2.05) is 109 Å². The fourth-order valence-electron chi connectivity index (χ4n) is 12.1. The number of aliphatic hydroxyl groups is 9. The number of hydrogen-bond acceptors (Lipinski definition) is 35. The predicted molar refractivity (Wildman–Crippen MR) is 522 cm³/mol. The van der Waals surface area contributed by atoms with Gasteiger partial charge in [0.1, 0.15) is 168 Å². The van der Waals surface area contributed by atoms with Gasteiger partial charge < -0.3 is 153 Å². The maximum absolute atomic E-state index is 12.4. The molecule has 1 aliphatic rings. The fraction of sp³-hybridized carbons (Fsp3) is 0.444. The van der Waals surface area contributed by atoms with Crippen LogP contribution in [0.4, 0.5) is 30.9 Å². The minimum atomic E-state index is -10.7. The van der Waals surface area contributed by atoms with E-state index in [1.54, 1.807) is 36.4 Å². The van der Waals surface area contributed by atoms with Crippen LogP contribution >= 0.6 is 15.1 Å². The van der Waals surface area contributed by atoms with Crippen LogP contribution in [0, 0.1) is 32.0 Å². The third-order valence-electron chi connectivity index (χ3n) is 18.8. The smallest absolute Gasteiger partial charge is 1.00 e. The van der Waals surface area contributed by atoms with Gasteiger partial charge in [0.25, 0.3) is 0 Å². The molecule has 11 atom stereocenters. The third-order valence-corrected chi connectivity index (χ3v) is 23.3. The molecule has 5 aromatic carbocycles. The van der Waals surface area contributed by atoms with Crippen molar-refractivity contribution in [2.24, 2.45) is 5.41 Å². The number of ether oxygens (including phenoxy) is 18. The number of carbonyl (C=O) groups excluding carboxylic acids is 4. The Hall–Kier alpha value is -10.5. The van der Waals surface area contributed by atoms with Crippen molar-refractivity contribution >= 4 is 70.9 Å². The molecule has 150 heavy (non-hydrogen) atoms. The quantitative estimate of drug-likeness (QED) is 0.00224. The summed E-state index contributed by atoms with van der Waals surface area (Å²) < 4.78 is 222. The van der Waals surface area contributed by atoms with Crippen molar-refractivity contribution in [2.75, 3.05) is 191 Å². The molecule has 0 bridgehead atoms. The largest absolute Gasteiger partial charge is 1.00 e. The van der Waals surface area contributed by atoms with Gasteiger partial charge in [0, 0.05) is 52.2 Å². The molecule has 1 saturated heterocycles. The van der Waals surface area contributed by atoms with Crippen LogP contribution in [0.2, 0.25) is 0 Å². The summed E-state index contributed by atoms with van der Waals surface area (Å²) in [4.78, 5) is 48.8. The number of halogens is 7. The molecule has 1 aliphatic heterocycles. The number of carbonyl (C=O) groups is 4. The molecule has 10 N–H and O–H groups in total. The standard InChI is InChI=1S/C39H50O10P.C28H38NO10.C27H41NO11.4CO.CH4.ClH.F6P.H2O4S/c1-4-37(43)48-25-31(40)22-45-28-39(6-3,29-46-23-32(41)26-49-38(44)5-2)30-47-24-33(42)27-50(34-16-10-7-11-17-34,35-18-12-8-13-19-35)36-20-14-9-15-21-36;1-3-34-14-24(30)16-36-20-27(38-18-25(31)15-35-4-2)21-37-17-26(32)19-39-28(33)22-8-10-23(11-9-22)29-12-6-5-7-13-29;1-3-33-13-23(29)15-36-19-26(38-17-24(30)14-34-4-2)20-37-16-25(31)18-39-27(32)21-5-7-22(8-6-21)28-9-11-35-12-10-28;4*1-2;;;1-7(2,3,4,5)6;1-5(2,3)4/h4-5,7-21,31-33,40-42H,1-2,6,22-30H2,3H3;3-13,24-27,30-32H,1-2,14-21H2;3-8,23-26,29-31H,1-2,9-20H2;;;;;1H4;1H;;(H2,1,2,3,4)/q2*+1;;;;;;;;-1;/p-2. The number of rotatable bonds is 66. The molecule has 6 aromatic rings. The van der Waals surface area contributed by atoms with Gasteiger partial charge in [-0.05, 0) is 79.2 Å². The van der Waals surface area contributed by atoms with E-state index in [0.717, 1.165) is 52.5 Å². The number of nitrogens with zero attached hydrogens (tertiary/aromatic N) is 1. The molecule has 2 heterocycles. The van der Waals surface area contributed by atoms with Gasteiger partial charge >= 0.3 is 102 Å². The van der Waals surface area contributed by atoms with Crippen LogP contribution in [-0.2, 0) is 124 Å². The Morgan fingerprint density at radius 2 is 0.687 bits per heavy atom. The van der Waals surface area contributed by atoms with Crippen LogP contribution in [0.15, 0.2) is 247 Å². The van der Waals surface area contributed by atoms with Crippen LogP contribution in [-0.4, -0.2) is 346 Å². The van der Waals surface area contributed by atoms with Gasteiger partial charge in [-0.3, -0.25) is 13.3 Å². The Morgan fingerprint density at radius 1 is 0.420 bits per heavy atom. The van der Waals surface area contributed by atoms with Crippen molar-refractivity contribution in [1.29, 1.82) is 0 Å². The first-order chi connectivity index (χ1) is 70.5. The number of hydrogen-bond donors (Lipinski definition) is 10. The van der Waals surface area contributed by atoms with Crippen molar-refractivity contribution in [3.8, 4) is 5.69 Å². The Labute approximate surface area is 874 Å². The summed E-state index contributed by atoms with van der Waals surface area (Å²) >= 11 is 0. The Morgan fingerprint density at radius 3 is 0.980 bits per heavy atom. The summed E-state index contributed by atoms with van der Waals surface area (Å²) in [5, 5.41) is 95.5. The van der Waals surface area contributed by atoms with Gasteiger partial charge in [-0.25, -0.2) is 19.2 Å². The minimum absolute atomic E-state index is 0. The number of aliphatic hydroxyl groups excluding tert-OH is 9. The van der Waals surface area contributed by atoms with Gasteiger partial charge in [-0.1, -0.05) is 114 Å². The number of nitrogens with one attached hydrogen (secondary N) is 1. The van der Waals surface area contributed by atoms with Gasteiger partial charge in [-0.15, -0.1) is 0 Å². The van der Waals surface area contributed by atoms with Crippen molar-refractivity contribution in [2.45, 2.75) is 87.9 Å². The first-order valence-corrected chi connectivity index (χ1v) is 49.7. The van der Waals surface area contributed by atoms with Crippen molar-refractivity contribution < 1.29 is 234 Å². The second-order valence-electron chi connectivity index (χ2n) is 30.7. The average Bonchev–Trinajstić information content (AvgIpc) is 0.747. The monoisotopic (exact) mass is 2220 g/mol. The molecule has 840 valence electrons. The first-order valence-electron chi connectivity index (χ1n) is 44.4. The molecular formula is C99H134ClF6N2O39P2S-. The zero-order chi connectivity index (χ0) is 112. The zero-order valence-corrected chi connectivity index (χ0v) is 85.0. The van der Waals surface area contributed by atoms with Crippen LogP contribution in [0.5, 0.6) is 0 Å². The molecule has 0 radical (unpaired) electrons. The predicted octanol–water partition coefficient (Wildman–Crippen LogP) is 2.65. The first kappa shape index (κ1) is 146. The molecule has 0 amide bonds. The number of aromatic nitrogens is 1. The normalized spacial score (nSPS) is 14.4. The van der Waals surface area contributed by atoms with E-state index in [2.05, 4.69) is 102 Å². The van der Waals surface area contributed by atoms with Crippen LogP contribution in [0.3, 0.4) is 0 Å². The molecule has 51 heteroatoms. The maximum atomic E-state index is 12.4. The van der Waals surface area contributed by atoms with E-state index in [1.165, 1.54) is 29.9 Å². The summed E-state index contributed by atoms with van der Waals surface area (Å²) in [6.07, 6.45) is 1.83. The average molecular weight is 2220 g/mol. The minimum Gasteiger partial charge on any atom is -1.00 e. The Bertz CT molecular complexity index is 4620. The number of pyridine rings is 1. The zero-order valence-electron chi connectivity index (χ0n) is 81.6. The molecule has 7 rings (SSSR count). The molecule has 1 fully saturated rings. The summed E-state index contributed by atoms with van der Waals surface area (Å²) in [5.41, 5.74) is 1.99. The van der Waals surface area contributed by atoms with E-state index in [9.17, 15) is 90.3 Å². The summed E-state index contributed by atoms with van der Waals surface area (Å²) in [7, 11) is -18.1. The van der Waals surface area contributed by atoms with E-state index >= 15 is 0 Å². The molecule has 11 unspecified atom stereocenters. The molecule has 0 spiro atoms. The van der Waals surface area contributed by atoms with Crippen LogP contribution < -0.4 is 37.8 Å². The Balaban J connectivity index is -0.000000976. The number of esters is 4.